The molecule has 0 radical (unpaired) electrons. The summed E-state index contributed by atoms with van der Waals surface area (Å²) in [6.07, 6.45) is 3.83. The number of thioether (sulfide) groups is 1. The maximum atomic E-state index is 12.5. The molecule has 7 heteroatoms. The number of nitrogens with zero attached hydrogens (tertiary/aromatic N) is 5. The van der Waals surface area contributed by atoms with Crippen molar-refractivity contribution in [2.24, 2.45) is 0 Å². The van der Waals surface area contributed by atoms with Gasteiger partial charge in [0.1, 0.15) is 0 Å². The monoisotopic (exact) mass is 277 g/mol. The molecule has 0 aromatic carbocycles. The molecular formula is C12H15N5OS. The minimum Gasteiger partial charge on any atom is -0.326 e. The Balaban J connectivity index is 1.86. The number of fused-ring (bicyclic) bond motifs is 1. The van der Waals surface area contributed by atoms with E-state index in [2.05, 4.69) is 22.4 Å². The average molecular weight is 277 g/mol. The second-order valence-corrected chi connectivity index (χ2v) is 5.80. The van der Waals surface area contributed by atoms with Gasteiger partial charge in [-0.15, -0.1) is 16.9 Å². The first-order valence-electron chi connectivity index (χ1n) is 6.40. The number of carbonyl (C=O) groups excluding carboxylic acids is 1. The molecule has 3 rings (SSSR count). The van der Waals surface area contributed by atoms with Gasteiger partial charge in [0.25, 0.3) is 5.91 Å². The lowest BCUT2D eigenvalue weighted by molar-refractivity contribution is 0.0756. The fourth-order valence-electron chi connectivity index (χ4n) is 2.27. The van der Waals surface area contributed by atoms with Crippen molar-refractivity contribution in [2.45, 2.75) is 25.1 Å². The summed E-state index contributed by atoms with van der Waals surface area (Å²) in [5.74, 6) is 1.09. The quantitative estimate of drug-likeness (QED) is 0.849. The van der Waals surface area contributed by atoms with Gasteiger partial charge in [-0.25, -0.2) is 0 Å². The lowest BCUT2D eigenvalue weighted by Gasteiger charge is -2.23. The van der Waals surface area contributed by atoms with E-state index in [1.807, 2.05) is 16.7 Å². The Labute approximate surface area is 115 Å². The van der Waals surface area contributed by atoms with E-state index in [1.54, 1.807) is 18.3 Å². The van der Waals surface area contributed by atoms with Crippen molar-refractivity contribution in [1.82, 2.24) is 24.9 Å². The lowest BCUT2D eigenvalue weighted by Crippen LogP contribution is -2.34. The van der Waals surface area contributed by atoms with E-state index in [-0.39, 0.29) is 5.91 Å². The second-order valence-electron chi connectivity index (χ2n) is 4.51. The normalized spacial score (nSPS) is 19.2. The molecule has 100 valence electrons. The molecule has 1 atom stereocenters. The Bertz CT molecular complexity index is 599. The highest BCUT2D eigenvalue weighted by Crippen LogP contribution is 2.28. The predicted molar refractivity (Wildman–Crippen MR) is 73.0 cm³/mol. The molecule has 0 N–H and O–H groups in total. The van der Waals surface area contributed by atoms with Gasteiger partial charge in [0.15, 0.2) is 5.65 Å². The van der Waals surface area contributed by atoms with Crippen LogP contribution in [0.1, 0.15) is 30.1 Å². The average Bonchev–Trinajstić information content (AvgIpc) is 3.05. The molecule has 2 aromatic heterocycles. The van der Waals surface area contributed by atoms with E-state index in [0.29, 0.717) is 16.6 Å². The largest absolute Gasteiger partial charge is 0.326 e. The topological polar surface area (TPSA) is 63.4 Å². The molecule has 1 aliphatic rings. The van der Waals surface area contributed by atoms with Gasteiger partial charge < -0.3 is 4.90 Å². The summed E-state index contributed by atoms with van der Waals surface area (Å²) < 4.78 is 1.53. The van der Waals surface area contributed by atoms with Gasteiger partial charge in [-0.2, -0.15) is 4.52 Å². The Hall–Kier alpha value is -1.63. The number of hydrogen-bond donors (Lipinski definition) is 0. The van der Waals surface area contributed by atoms with Gasteiger partial charge >= 0.3 is 0 Å². The summed E-state index contributed by atoms with van der Waals surface area (Å²) in [5, 5.41) is 11.5. The molecule has 0 spiro atoms. The maximum Gasteiger partial charge on any atom is 0.256 e. The van der Waals surface area contributed by atoms with E-state index in [1.165, 1.54) is 4.52 Å². The highest BCUT2D eigenvalue weighted by molar-refractivity contribution is 8.00. The first-order valence-corrected chi connectivity index (χ1v) is 7.45. The molecule has 19 heavy (non-hydrogen) atoms. The Morgan fingerprint density at radius 1 is 1.53 bits per heavy atom. The van der Waals surface area contributed by atoms with Crippen LogP contribution in [0.3, 0.4) is 0 Å². The zero-order valence-corrected chi connectivity index (χ0v) is 11.5. The number of aromatic nitrogens is 4. The van der Waals surface area contributed by atoms with Crippen molar-refractivity contribution in [3.05, 3.63) is 23.9 Å². The molecule has 0 aliphatic carbocycles. The van der Waals surface area contributed by atoms with Crippen LogP contribution in [-0.4, -0.2) is 48.5 Å². The summed E-state index contributed by atoms with van der Waals surface area (Å²) in [6, 6.07) is 3.56. The van der Waals surface area contributed by atoms with Crippen LogP contribution in [0.15, 0.2) is 18.3 Å². The zero-order chi connectivity index (χ0) is 13.2. The van der Waals surface area contributed by atoms with Crippen molar-refractivity contribution in [2.75, 3.05) is 12.3 Å². The van der Waals surface area contributed by atoms with Crippen LogP contribution in [0.25, 0.3) is 5.65 Å². The third-order valence-corrected chi connectivity index (χ3v) is 4.52. The minimum absolute atomic E-state index is 0.0702. The second kappa shape index (κ2) is 5.16. The number of rotatable bonds is 3. The minimum atomic E-state index is 0.0702. The third-order valence-electron chi connectivity index (χ3n) is 3.23. The van der Waals surface area contributed by atoms with E-state index in [9.17, 15) is 4.79 Å². The summed E-state index contributed by atoms with van der Waals surface area (Å²) in [5.41, 5.74) is 1.29. The van der Waals surface area contributed by atoms with E-state index >= 15 is 0 Å². The van der Waals surface area contributed by atoms with Crippen molar-refractivity contribution >= 4 is 23.3 Å². The molecule has 0 saturated carbocycles. The molecule has 1 aliphatic heterocycles. The highest BCUT2D eigenvalue weighted by atomic mass is 32.2. The van der Waals surface area contributed by atoms with Crippen LogP contribution in [0.2, 0.25) is 0 Å². The fraction of sp³-hybridized carbons (Fsp3) is 0.500. The number of carbonyl (C=O) groups is 1. The van der Waals surface area contributed by atoms with Crippen molar-refractivity contribution in [3.8, 4) is 0 Å². The summed E-state index contributed by atoms with van der Waals surface area (Å²) >= 11 is 1.86. The predicted octanol–water partition coefficient (Wildman–Crippen LogP) is 1.44. The van der Waals surface area contributed by atoms with Crippen LogP contribution >= 0.6 is 11.8 Å². The Morgan fingerprint density at radius 3 is 3.26 bits per heavy atom. The van der Waals surface area contributed by atoms with Crippen LogP contribution in [0.4, 0.5) is 0 Å². The first-order chi connectivity index (χ1) is 9.29. The van der Waals surface area contributed by atoms with E-state index in [0.717, 1.165) is 25.1 Å². The van der Waals surface area contributed by atoms with Gasteiger partial charge in [0.05, 0.1) is 10.9 Å². The molecule has 6 nitrogen and oxygen atoms in total. The molecule has 1 amide bonds. The van der Waals surface area contributed by atoms with Gasteiger partial charge in [-0.3, -0.25) is 4.79 Å². The third kappa shape index (κ3) is 2.30. The van der Waals surface area contributed by atoms with Gasteiger partial charge in [0.2, 0.25) is 0 Å². The lowest BCUT2D eigenvalue weighted by atomic mass is 10.2. The van der Waals surface area contributed by atoms with Crippen LogP contribution in [0.5, 0.6) is 0 Å². The van der Waals surface area contributed by atoms with Crippen LogP contribution < -0.4 is 0 Å². The summed E-state index contributed by atoms with van der Waals surface area (Å²) in [6.45, 7) is 2.97. The van der Waals surface area contributed by atoms with E-state index in [4.69, 9.17) is 0 Å². The van der Waals surface area contributed by atoms with Crippen molar-refractivity contribution in [3.63, 3.8) is 0 Å². The zero-order valence-electron chi connectivity index (χ0n) is 10.7. The summed E-state index contributed by atoms with van der Waals surface area (Å²) in [4.78, 5) is 14.5. The van der Waals surface area contributed by atoms with E-state index < -0.39 is 0 Å². The SMILES string of the molecule is CCC[C@@H]1SCCN1C(=O)c1ccc2nnnn2c1. The number of tetrazole rings is 1. The van der Waals surface area contributed by atoms with Crippen LogP contribution in [-0.2, 0) is 0 Å². The van der Waals surface area contributed by atoms with Crippen LogP contribution in [0, 0.1) is 0 Å². The maximum absolute atomic E-state index is 12.5. The number of hydrogen-bond acceptors (Lipinski definition) is 5. The molecule has 1 fully saturated rings. The molecular weight excluding hydrogens is 262 g/mol. The molecule has 1 saturated heterocycles. The smallest absolute Gasteiger partial charge is 0.256 e. The van der Waals surface area contributed by atoms with Crippen molar-refractivity contribution < 1.29 is 4.79 Å². The Kier molecular flexibility index (Phi) is 3.37. The number of amides is 1. The first kappa shape index (κ1) is 12.4. The number of pyridine rings is 1. The van der Waals surface area contributed by atoms with Gasteiger partial charge in [-0.1, -0.05) is 13.3 Å². The molecule has 3 heterocycles. The Morgan fingerprint density at radius 2 is 2.42 bits per heavy atom. The van der Waals surface area contributed by atoms with Gasteiger partial charge in [-0.05, 0) is 29.0 Å². The van der Waals surface area contributed by atoms with Crippen molar-refractivity contribution in [1.29, 1.82) is 0 Å². The standard InChI is InChI=1S/C12H15N5OS/c1-2-3-11-16(6-7-19-11)12(18)9-4-5-10-13-14-15-17(10)8-9/h4-5,8,11H,2-3,6-7H2,1H3/t11-/m0/s1. The molecule has 2 aromatic rings. The fourth-order valence-corrected chi connectivity index (χ4v) is 3.63. The van der Waals surface area contributed by atoms with Gasteiger partial charge in [0, 0.05) is 18.5 Å². The summed E-state index contributed by atoms with van der Waals surface area (Å²) in [7, 11) is 0. The molecule has 0 bridgehead atoms. The molecule has 0 unspecified atom stereocenters. The highest BCUT2D eigenvalue weighted by Gasteiger charge is 2.29.